The molecule has 0 bridgehead atoms. The molecule has 1 aromatic carbocycles. The molecule has 29 heavy (non-hydrogen) atoms. The predicted octanol–water partition coefficient (Wildman–Crippen LogP) is 5.02. The number of likely N-dealkylation sites (tertiary alicyclic amines) is 1. The van der Waals surface area contributed by atoms with Crippen molar-refractivity contribution in [1.82, 2.24) is 4.90 Å². The first-order valence-electron chi connectivity index (χ1n) is 11.8. The summed E-state index contributed by atoms with van der Waals surface area (Å²) in [6.45, 7) is 6.72. The number of rotatable bonds is 5. The fourth-order valence-corrected chi connectivity index (χ4v) is 6.92. The van der Waals surface area contributed by atoms with Crippen LogP contribution in [0.4, 0.5) is 0 Å². The molecule has 0 spiro atoms. The van der Waals surface area contributed by atoms with Gasteiger partial charge < -0.3 is 9.57 Å². The van der Waals surface area contributed by atoms with Gasteiger partial charge in [-0.1, -0.05) is 18.1 Å². The third kappa shape index (κ3) is 3.48. The van der Waals surface area contributed by atoms with Crippen LogP contribution >= 0.6 is 0 Å². The number of methoxy groups -OCH3 is 1. The Balaban J connectivity index is 1.27. The fourth-order valence-electron chi connectivity index (χ4n) is 6.92. The highest BCUT2D eigenvalue weighted by molar-refractivity contribution is 5.92. The number of hydrogen-bond acceptors (Lipinski definition) is 4. The number of oxime groups is 1. The average Bonchev–Trinajstić information content (AvgIpc) is 3.38. The molecule has 0 N–H and O–H groups in total. The molecule has 0 amide bonds. The Kier molecular flexibility index (Phi) is 5.32. The summed E-state index contributed by atoms with van der Waals surface area (Å²) in [5.74, 6) is 3.28. The highest BCUT2D eigenvalue weighted by Crippen LogP contribution is 2.60. The van der Waals surface area contributed by atoms with Crippen LogP contribution in [0.15, 0.2) is 23.4 Å². The average molecular weight is 397 g/mol. The summed E-state index contributed by atoms with van der Waals surface area (Å²) in [5.41, 5.74) is 4.71. The van der Waals surface area contributed by atoms with Gasteiger partial charge in [-0.2, -0.15) is 0 Å². The van der Waals surface area contributed by atoms with E-state index in [0.29, 0.717) is 0 Å². The Morgan fingerprint density at radius 2 is 2.00 bits per heavy atom. The Morgan fingerprint density at radius 3 is 2.83 bits per heavy atom. The third-order valence-corrected chi connectivity index (χ3v) is 8.55. The van der Waals surface area contributed by atoms with E-state index in [4.69, 9.17) is 14.7 Å². The van der Waals surface area contributed by atoms with Crippen molar-refractivity contribution in [3.05, 3.63) is 29.3 Å². The molecule has 0 aromatic heterocycles. The van der Waals surface area contributed by atoms with E-state index in [0.717, 1.165) is 43.1 Å². The quantitative estimate of drug-likeness (QED) is 0.518. The van der Waals surface area contributed by atoms with Crippen molar-refractivity contribution in [1.29, 1.82) is 0 Å². The summed E-state index contributed by atoms with van der Waals surface area (Å²) < 4.78 is 5.46. The molecule has 1 aliphatic heterocycles. The Labute approximate surface area is 175 Å². The first-order valence-corrected chi connectivity index (χ1v) is 11.8. The normalized spacial score (nSPS) is 35.2. The van der Waals surface area contributed by atoms with Crippen LogP contribution in [0, 0.1) is 17.3 Å². The molecule has 4 unspecified atom stereocenters. The number of aryl methyl sites for hydroxylation is 1. The van der Waals surface area contributed by atoms with E-state index in [1.165, 1.54) is 69.3 Å². The minimum Gasteiger partial charge on any atom is -0.497 e. The van der Waals surface area contributed by atoms with E-state index >= 15 is 0 Å². The second-order valence-electron chi connectivity index (χ2n) is 9.90. The minimum atomic E-state index is 0.249. The maximum Gasteiger partial charge on any atom is 0.129 e. The molecular weight excluding hydrogens is 360 g/mol. The van der Waals surface area contributed by atoms with Gasteiger partial charge in [-0.25, -0.2) is 0 Å². The zero-order valence-electron chi connectivity index (χ0n) is 18.2. The van der Waals surface area contributed by atoms with E-state index < -0.39 is 0 Å². The van der Waals surface area contributed by atoms with Crippen LogP contribution in [0.25, 0.3) is 0 Å². The van der Waals surface area contributed by atoms with Crippen LogP contribution in [0.5, 0.6) is 5.75 Å². The van der Waals surface area contributed by atoms with Gasteiger partial charge in [-0.05, 0) is 105 Å². The van der Waals surface area contributed by atoms with Gasteiger partial charge in [0.25, 0.3) is 0 Å². The van der Waals surface area contributed by atoms with Gasteiger partial charge in [-0.3, -0.25) is 4.90 Å². The Hall–Kier alpha value is -1.55. The van der Waals surface area contributed by atoms with Gasteiger partial charge in [0.2, 0.25) is 0 Å². The first kappa shape index (κ1) is 19.4. The van der Waals surface area contributed by atoms with E-state index in [2.05, 4.69) is 30.0 Å². The molecular formula is C25H36N2O2. The van der Waals surface area contributed by atoms with Crippen molar-refractivity contribution in [2.24, 2.45) is 22.4 Å². The van der Waals surface area contributed by atoms with Crippen molar-refractivity contribution in [3.63, 3.8) is 0 Å². The van der Waals surface area contributed by atoms with Gasteiger partial charge in [0, 0.05) is 12.0 Å². The van der Waals surface area contributed by atoms with E-state index in [1.807, 2.05) is 0 Å². The fraction of sp³-hybridized carbons (Fsp3) is 0.720. The SMILES string of the molecule is COc1ccc2c(c1)CCC1C2CCC2(C)/C(=N/OCCN3CCCC3)CCC12. The van der Waals surface area contributed by atoms with Crippen LogP contribution < -0.4 is 4.74 Å². The third-order valence-electron chi connectivity index (χ3n) is 8.55. The van der Waals surface area contributed by atoms with Crippen LogP contribution in [-0.2, 0) is 11.3 Å². The summed E-state index contributed by atoms with van der Waals surface area (Å²) in [4.78, 5) is 8.34. The minimum absolute atomic E-state index is 0.249. The second kappa shape index (κ2) is 7.94. The highest BCUT2D eigenvalue weighted by Gasteiger charge is 2.53. The molecule has 5 rings (SSSR count). The number of fused-ring (bicyclic) bond motifs is 5. The lowest BCUT2D eigenvalue weighted by molar-refractivity contribution is 0.0859. The monoisotopic (exact) mass is 396 g/mol. The van der Waals surface area contributed by atoms with Crippen molar-refractivity contribution < 1.29 is 9.57 Å². The summed E-state index contributed by atoms with van der Waals surface area (Å²) in [6, 6.07) is 6.78. The van der Waals surface area contributed by atoms with Crippen LogP contribution in [0.2, 0.25) is 0 Å². The van der Waals surface area contributed by atoms with E-state index in [1.54, 1.807) is 12.7 Å². The Morgan fingerprint density at radius 1 is 1.14 bits per heavy atom. The van der Waals surface area contributed by atoms with Gasteiger partial charge >= 0.3 is 0 Å². The molecule has 1 heterocycles. The number of nitrogens with zero attached hydrogens (tertiary/aromatic N) is 2. The Bertz CT molecular complexity index is 770. The van der Waals surface area contributed by atoms with Crippen LogP contribution in [0.1, 0.15) is 68.9 Å². The topological polar surface area (TPSA) is 34.1 Å². The molecule has 4 atom stereocenters. The highest BCUT2D eigenvalue weighted by atomic mass is 16.6. The molecule has 3 aliphatic carbocycles. The number of hydrogen-bond donors (Lipinski definition) is 0. The van der Waals surface area contributed by atoms with Crippen LogP contribution in [-0.4, -0.2) is 44.0 Å². The first-order chi connectivity index (χ1) is 14.2. The predicted molar refractivity (Wildman–Crippen MR) is 117 cm³/mol. The van der Waals surface area contributed by atoms with Crippen molar-refractivity contribution in [2.45, 2.75) is 64.2 Å². The number of benzene rings is 1. The summed E-state index contributed by atoms with van der Waals surface area (Å²) in [7, 11) is 1.77. The molecule has 0 radical (unpaired) electrons. The number of ether oxygens (including phenoxy) is 1. The standard InChI is InChI=1S/C25H36N2O2/c1-25-12-11-21-20-8-6-19(28-2)17-18(20)5-7-22(21)23(25)9-10-24(25)26-29-16-15-27-13-3-4-14-27/h6,8,17,21-23H,3-5,7,9-16H2,1-2H3/b26-24+. The van der Waals surface area contributed by atoms with Crippen LogP contribution in [0.3, 0.4) is 0 Å². The second-order valence-corrected chi connectivity index (χ2v) is 9.90. The molecule has 1 saturated heterocycles. The summed E-state index contributed by atoms with van der Waals surface area (Å²) in [6.07, 6.45) is 10.1. The van der Waals surface area contributed by atoms with E-state index in [-0.39, 0.29) is 5.41 Å². The maximum absolute atomic E-state index is 5.84. The van der Waals surface area contributed by atoms with Gasteiger partial charge in [0.05, 0.1) is 12.8 Å². The molecule has 1 aromatic rings. The molecule has 2 saturated carbocycles. The van der Waals surface area contributed by atoms with Gasteiger partial charge in [-0.15, -0.1) is 0 Å². The smallest absolute Gasteiger partial charge is 0.129 e. The summed E-state index contributed by atoms with van der Waals surface area (Å²) in [5, 5.41) is 4.72. The van der Waals surface area contributed by atoms with Crippen molar-refractivity contribution >= 4 is 5.71 Å². The van der Waals surface area contributed by atoms with Gasteiger partial charge in [0.15, 0.2) is 0 Å². The lowest BCUT2D eigenvalue weighted by Gasteiger charge is -2.49. The molecule has 158 valence electrons. The van der Waals surface area contributed by atoms with Gasteiger partial charge in [0.1, 0.15) is 12.4 Å². The molecule has 4 nitrogen and oxygen atoms in total. The lowest BCUT2D eigenvalue weighted by atomic mass is 9.55. The summed E-state index contributed by atoms with van der Waals surface area (Å²) >= 11 is 0. The van der Waals surface area contributed by atoms with E-state index in [9.17, 15) is 0 Å². The van der Waals surface area contributed by atoms with Crippen molar-refractivity contribution in [3.8, 4) is 5.75 Å². The molecule has 4 heteroatoms. The maximum atomic E-state index is 5.84. The largest absolute Gasteiger partial charge is 0.497 e. The lowest BCUT2D eigenvalue weighted by Crippen LogP contribution is -2.42. The molecule has 4 aliphatic rings. The zero-order valence-corrected chi connectivity index (χ0v) is 18.2. The van der Waals surface area contributed by atoms with Crippen molar-refractivity contribution in [2.75, 3.05) is 33.4 Å². The molecule has 3 fully saturated rings. The zero-order chi connectivity index (χ0) is 19.8.